The van der Waals surface area contributed by atoms with E-state index in [-0.39, 0.29) is 5.91 Å². The standard InChI is InChI=1S/C26H29NO2S/c1-2-20-8-10-24(11-9-20)29-18-23-17-25(30-19-23)26(28)27-14-12-22(13-15-27)16-21-6-4-3-5-7-21/h3-11,17,19,22H,2,12-16,18H2,1H3. The molecule has 4 heteroatoms. The number of hydrogen-bond acceptors (Lipinski definition) is 3. The first-order chi connectivity index (χ1) is 14.7. The number of rotatable bonds is 7. The Kier molecular flexibility index (Phi) is 6.85. The first-order valence-electron chi connectivity index (χ1n) is 10.8. The normalized spacial score (nSPS) is 14.6. The smallest absolute Gasteiger partial charge is 0.263 e. The van der Waals surface area contributed by atoms with Crippen LogP contribution in [0.3, 0.4) is 0 Å². The Bertz CT molecular complexity index is 941. The molecule has 1 saturated heterocycles. The summed E-state index contributed by atoms with van der Waals surface area (Å²) in [6.07, 6.45) is 4.30. The summed E-state index contributed by atoms with van der Waals surface area (Å²) in [5.74, 6) is 1.70. The molecule has 2 aromatic carbocycles. The van der Waals surface area contributed by atoms with Crippen molar-refractivity contribution in [2.75, 3.05) is 13.1 Å². The van der Waals surface area contributed by atoms with Gasteiger partial charge in [-0.25, -0.2) is 0 Å². The molecule has 0 N–H and O–H groups in total. The number of piperidine rings is 1. The average molecular weight is 420 g/mol. The second-order valence-corrected chi connectivity index (χ2v) is 8.94. The Labute approximate surface area is 183 Å². The molecule has 0 unspecified atom stereocenters. The molecule has 1 amide bonds. The van der Waals surface area contributed by atoms with Gasteiger partial charge in [0.05, 0.1) is 4.88 Å². The number of carbonyl (C=O) groups excluding carboxylic acids is 1. The number of benzene rings is 2. The lowest BCUT2D eigenvalue weighted by molar-refractivity contribution is 0.0695. The van der Waals surface area contributed by atoms with Crippen LogP contribution in [0.15, 0.2) is 66.0 Å². The number of ether oxygens (including phenoxy) is 1. The fourth-order valence-corrected chi connectivity index (χ4v) is 4.86. The summed E-state index contributed by atoms with van der Waals surface area (Å²) in [4.78, 5) is 15.7. The largest absolute Gasteiger partial charge is 0.489 e. The number of likely N-dealkylation sites (tertiary alicyclic amines) is 1. The van der Waals surface area contributed by atoms with Gasteiger partial charge in [-0.15, -0.1) is 11.3 Å². The predicted octanol–water partition coefficient (Wildman–Crippen LogP) is 5.98. The molecular formula is C26H29NO2S. The Morgan fingerprint density at radius 3 is 2.43 bits per heavy atom. The van der Waals surface area contributed by atoms with Gasteiger partial charge in [-0.1, -0.05) is 49.4 Å². The molecule has 1 aliphatic heterocycles. The number of aryl methyl sites for hydroxylation is 1. The molecule has 2 heterocycles. The lowest BCUT2D eigenvalue weighted by atomic mass is 9.90. The molecule has 4 rings (SSSR count). The van der Waals surface area contributed by atoms with Crippen molar-refractivity contribution in [3.8, 4) is 5.75 Å². The fourth-order valence-electron chi connectivity index (χ4n) is 3.99. The molecule has 30 heavy (non-hydrogen) atoms. The van der Waals surface area contributed by atoms with Gasteiger partial charge < -0.3 is 9.64 Å². The first kappa shape index (κ1) is 20.7. The van der Waals surface area contributed by atoms with Gasteiger partial charge >= 0.3 is 0 Å². The SMILES string of the molecule is CCc1ccc(OCc2csc(C(=O)N3CCC(Cc4ccccc4)CC3)c2)cc1. The van der Waals surface area contributed by atoms with Gasteiger partial charge in [0, 0.05) is 18.7 Å². The van der Waals surface area contributed by atoms with Crippen LogP contribution in [-0.2, 0) is 19.4 Å². The van der Waals surface area contributed by atoms with Gasteiger partial charge in [-0.05, 0) is 66.3 Å². The van der Waals surface area contributed by atoms with Gasteiger partial charge in [0.25, 0.3) is 5.91 Å². The van der Waals surface area contributed by atoms with E-state index >= 15 is 0 Å². The average Bonchev–Trinajstić information content (AvgIpc) is 3.28. The third-order valence-corrected chi connectivity index (χ3v) is 6.84. The van der Waals surface area contributed by atoms with Crippen LogP contribution in [0.5, 0.6) is 5.75 Å². The van der Waals surface area contributed by atoms with Crippen LogP contribution in [0.4, 0.5) is 0 Å². The summed E-state index contributed by atoms with van der Waals surface area (Å²) in [5, 5.41) is 2.04. The summed E-state index contributed by atoms with van der Waals surface area (Å²) in [6.45, 7) is 4.34. The highest BCUT2D eigenvalue weighted by atomic mass is 32.1. The van der Waals surface area contributed by atoms with Crippen LogP contribution in [0.2, 0.25) is 0 Å². The minimum absolute atomic E-state index is 0.164. The highest BCUT2D eigenvalue weighted by molar-refractivity contribution is 7.12. The third kappa shape index (κ3) is 5.31. The van der Waals surface area contributed by atoms with E-state index in [1.165, 1.54) is 22.5 Å². The molecule has 0 bridgehead atoms. The van der Waals surface area contributed by atoms with E-state index in [2.05, 4.69) is 49.4 Å². The highest BCUT2D eigenvalue weighted by Gasteiger charge is 2.24. The molecule has 1 fully saturated rings. The van der Waals surface area contributed by atoms with Crippen molar-refractivity contribution in [3.63, 3.8) is 0 Å². The van der Waals surface area contributed by atoms with Crippen molar-refractivity contribution in [1.29, 1.82) is 0 Å². The quantitative estimate of drug-likeness (QED) is 0.471. The van der Waals surface area contributed by atoms with Crippen molar-refractivity contribution in [3.05, 3.63) is 87.6 Å². The number of amides is 1. The molecule has 156 valence electrons. The van der Waals surface area contributed by atoms with Crippen molar-refractivity contribution in [2.45, 2.75) is 39.2 Å². The Hall–Kier alpha value is -2.59. The number of carbonyl (C=O) groups is 1. The van der Waals surface area contributed by atoms with E-state index < -0.39 is 0 Å². The molecule has 0 atom stereocenters. The summed E-state index contributed by atoms with van der Waals surface area (Å²) in [6, 6.07) is 20.9. The van der Waals surface area contributed by atoms with E-state index in [1.807, 2.05) is 28.5 Å². The van der Waals surface area contributed by atoms with Crippen molar-refractivity contribution in [2.24, 2.45) is 5.92 Å². The van der Waals surface area contributed by atoms with Gasteiger partial charge in [-0.2, -0.15) is 0 Å². The topological polar surface area (TPSA) is 29.5 Å². The van der Waals surface area contributed by atoms with E-state index in [9.17, 15) is 4.79 Å². The van der Waals surface area contributed by atoms with Crippen molar-refractivity contribution in [1.82, 2.24) is 4.90 Å². The van der Waals surface area contributed by atoms with Crippen LogP contribution >= 0.6 is 11.3 Å². The summed E-state index contributed by atoms with van der Waals surface area (Å²) in [5.41, 5.74) is 3.76. The third-order valence-electron chi connectivity index (χ3n) is 5.87. The monoisotopic (exact) mass is 419 g/mol. The molecule has 0 spiro atoms. The molecule has 1 aromatic heterocycles. The minimum Gasteiger partial charge on any atom is -0.489 e. The zero-order chi connectivity index (χ0) is 20.8. The molecule has 3 aromatic rings. The van der Waals surface area contributed by atoms with Crippen LogP contribution < -0.4 is 4.74 Å². The maximum Gasteiger partial charge on any atom is 0.263 e. The lowest BCUT2D eigenvalue weighted by Crippen LogP contribution is -2.38. The Morgan fingerprint density at radius 2 is 1.73 bits per heavy atom. The zero-order valence-corrected chi connectivity index (χ0v) is 18.4. The van der Waals surface area contributed by atoms with Gasteiger partial charge in [-0.3, -0.25) is 4.79 Å². The highest BCUT2D eigenvalue weighted by Crippen LogP contribution is 2.25. The molecule has 1 aliphatic rings. The molecule has 0 radical (unpaired) electrons. The van der Waals surface area contributed by atoms with Crippen molar-refractivity contribution < 1.29 is 9.53 Å². The minimum atomic E-state index is 0.164. The fraction of sp³-hybridized carbons (Fsp3) is 0.346. The lowest BCUT2D eigenvalue weighted by Gasteiger charge is -2.31. The van der Waals surface area contributed by atoms with Crippen LogP contribution in [0.1, 0.15) is 46.1 Å². The number of thiophene rings is 1. The Morgan fingerprint density at radius 1 is 1.00 bits per heavy atom. The summed E-state index contributed by atoms with van der Waals surface area (Å²) >= 11 is 1.52. The molecule has 3 nitrogen and oxygen atoms in total. The Balaban J connectivity index is 1.26. The molecule has 0 saturated carbocycles. The van der Waals surface area contributed by atoms with Gasteiger partial charge in [0.15, 0.2) is 0 Å². The van der Waals surface area contributed by atoms with Gasteiger partial charge in [0.2, 0.25) is 0 Å². The van der Waals surface area contributed by atoms with Gasteiger partial charge in [0.1, 0.15) is 12.4 Å². The maximum atomic E-state index is 12.9. The number of nitrogens with zero attached hydrogens (tertiary/aromatic N) is 1. The van der Waals surface area contributed by atoms with E-state index in [0.29, 0.717) is 12.5 Å². The van der Waals surface area contributed by atoms with Crippen LogP contribution in [-0.4, -0.2) is 23.9 Å². The predicted molar refractivity (Wildman–Crippen MR) is 123 cm³/mol. The van der Waals surface area contributed by atoms with Crippen LogP contribution in [0.25, 0.3) is 0 Å². The second-order valence-electron chi connectivity index (χ2n) is 8.03. The summed E-state index contributed by atoms with van der Waals surface area (Å²) in [7, 11) is 0. The number of hydrogen-bond donors (Lipinski definition) is 0. The van der Waals surface area contributed by atoms with E-state index in [0.717, 1.165) is 55.0 Å². The van der Waals surface area contributed by atoms with E-state index in [1.54, 1.807) is 0 Å². The van der Waals surface area contributed by atoms with Crippen molar-refractivity contribution >= 4 is 17.2 Å². The second kappa shape index (κ2) is 9.94. The van der Waals surface area contributed by atoms with E-state index in [4.69, 9.17) is 4.74 Å². The first-order valence-corrected chi connectivity index (χ1v) is 11.7. The molecule has 0 aliphatic carbocycles. The van der Waals surface area contributed by atoms with Crippen LogP contribution in [0, 0.1) is 5.92 Å². The maximum absolute atomic E-state index is 12.9. The summed E-state index contributed by atoms with van der Waals surface area (Å²) < 4.78 is 5.88. The molecular weight excluding hydrogens is 390 g/mol. The zero-order valence-electron chi connectivity index (χ0n) is 17.5.